The van der Waals surface area contributed by atoms with Crippen molar-refractivity contribution in [3.05, 3.63) is 0 Å². The van der Waals surface area contributed by atoms with Gasteiger partial charge in [0, 0.05) is 0 Å². The molecule has 0 heteroatoms. The summed E-state index contributed by atoms with van der Waals surface area (Å²) in [6, 6.07) is 0. The first-order valence-corrected chi connectivity index (χ1v) is 29.9. The Balaban J connectivity index is 0.000000503. The Morgan fingerprint density at radius 2 is 1.16 bits per heavy atom. The zero-order valence-electron chi connectivity index (χ0n) is 47.2. The van der Waals surface area contributed by atoms with E-state index in [0.29, 0.717) is 0 Å². The van der Waals surface area contributed by atoms with Gasteiger partial charge in [-0.2, -0.15) is 0 Å². The van der Waals surface area contributed by atoms with Crippen molar-refractivity contribution in [1.82, 2.24) is 0 Å². The SMILES string of the molecule is C.CC(C)C1CC2CCCC2C(C(C)CCC2CC(C)C2C(C)C)C1.CCC1CCC(C)C1.CCCC.CCCC(CC(C)C)C(C)CC(CC)C(C)CC1CCCC(CC(C)C)C1. The Hall–Kier alpha value is 0. The maximum atomic E-state index is 2.62. The summed E-state index contributed by atoms with van der Waals surface area (Å²) in [6.45, 7) is 43.6. The van der Waals surface area contributed by atoms with Gasteiger partial charge in [-0.05, 0) is 189 Å². The number of unbranched alkanes of at least 4 members (excludes halogenated alkanes) is 1. The first kappa shape index (κ1) is 62.0. The summed E-state index contributed by atoms with van der Waals surface area (Å²) in [6.07, 6.45) is 36.9. The van der Waals surface area contributed by atoms with E-state index in [1.165, 1.54) is 135 Å². The highest BCUT2D eigenvalue weighted by Crippen LogP contribution is 2.53. The third-order valence-corrected chi connectivity index (χ3v) is 19.3. The van der Waals surface area contributed by atoms with E-state index in [-0.39, 0.29) is 7.43 Å². The summed E-state index contributed by atoms with van der Waals surface area (Å²) in [5.74, 6) is 19.7. The molecular formula is C64H128. The van der Waals surface area contributed by atoms with Crippen molar-refractivity contribution >= 4 is 0 Å². The molecule has 5 rings (SSSR count). The van der Waals surface area contributed by atoms with Crippen LogP contribution in [0.25, 0.3) is 0 Å². The van der Waals surface area contributed by atoms with E-state index in [4.69, 9.17) is 0 Å². The molecule has 0 nitrogen and oxygen atoms in total. The van der Waals surface area contributed by atoms with Gasteiger partial charge in [0.15, 0.2) is 0 Å². The Labute approximate surface area is 409 Å². The Kier molecular flexibility index (Phi) is 32.5. The van der Waals surface area contributed by atoms with Crippen LogP contribution in [0.5, 0.6) is 0 Å². The summed E-state index contributed by atoms with van der Waals surface area (Å²) in [5.41, 5.74) is 0. The van der Waals surface area contributed by atoms with Crippen LogP contribution in [0, 0.1) is 118 Å². The summed E-state index contributed by atoms with van der Waals surface area (Å²) in [5, 5.41) is 0. The van der Waals surface area contributed by atoms with Gasteiger partial charge in [-0.3, -0.25) is 0 Å². The molecule has 0 aromatic heterocycles. The third kappa shape index (κ3) is 22.2. The normalized spacial score (nSPS) is 32.4. The zero-order valence-corrected chi connectivity index (χ0v) is 47.2. The molecule has 5 aliphatic carbocycles. The Morgan fingerprint density at radius 1 is 0.516 bits per heavy atom. The number of hydrogen-bond acceptors (Lipinski definition) is 0. The maximum Gasteiger partial charge on any atom is -0.0337 e. The second-order valence-corrected chi connectivity index (χ2v) is 26.3. The van der Waals surface area contributed by atoms with Gasteiger partial charge >= 0.3 is 0 Å². The van der Waals surface area contributed by atoms with Crippen LogP contribution in [0.1, 0.15) is 293 Å². The number of hydrogen-bond donors (Lipinski definition) is 0. The topological polar surface area (TPSA) is 0 Å². The molecule has 0 radical (unpaired) electrons. The molecule has 0 N–H and O–H groups in total. The maximum absolute atomic E-state index is 2.62. The molecule has 0 bridgehead atoms. The van der Waals surface area contributed by atoms with Crippen LogP contribution in [-0.2, 0) is 0 Å². The van der Waals surface area contributed by atoms with E-state index in [1.54, 1.807) is 25.7 Å². The molecule has 0 aromatic rings. The van der Waals surface area contributed by atoms with Gasteiger partial charge in [0.05, 0.1) is 0 Å². The predicted octanol–water partition coefficient (Wildman–Crippen LogP) is 22.1. The number of fused-ring (bicyclic) bond motifs is 1. The highest BCUT2D eigenvalue weighted by atomic mass is 14.5. The molecule has 5 aliphatic rings. The monoisotopic (exact) mass is 897 g/mol. The standard InChI is InChI=1S/C27H54.C24H44.C8H16.C4H10.CH4/c1-9-12-27(16-21(5)6)23(8)18-26(10-2)22(7)17-25-14-11-13-24(19-25)15-20(3)4;1-15(2)21-13-19-8-7-9-22(19)23(14-21)17(5)10-11-20-12-18(6)24(20)16(3)4;1-3-8-5-4-7(2)6-8;1-3-4-2;/h20-27H,9-19H2,1-8H3;15-24H,7-14H2,1-6H3;7-8H,3-6H2,1-2H3;3-4H2,1-2H3;1H4. The lowest BCUT2D eigenvalue weighted by atomic mass is 9.58. The molecule has 384 valence electrons. The molecule has 0 aliphatic heterocycles. The lowest BCUT2D eigenvalue weighted by molar-refractivity contribution is 0.0209. The molecule has 16 unspecified atom stereocenters. The predicted molar refractivity (Wildman–Crippen MR) is 294 cm³/mol. The van der Waals surface area contributed by atoms with Gasteiger partial charge in [-0.15, -0.1) is 0 Å². The van der Waals surface area contributed by atoms with Crippen LogP contribution < -0.4 is 0 Å². The average molecular weight is 898 g/mol. The largest absolute Gasteiger partial charge is 0.0776 e. The van der Waals surface area contributed by atoms with E-state index < -0.39 is 0 Å². The highest BCUT2D eigenvalue weighted by molar-refractivity contribution is 4.94. The van der Waals surface area contributed by atoms with Crippen LogP contribution in [0.3, 0.4) is 0 Å². The quantitative estimate of drug-likeness (QED) is 0.108. The van der Waals surface area contributed by atoms with Gasteiger partial charge in [0.25, 0.3) is 0 Å². The molecule has 16 atom stereocenters. The summed E-state index contributed by atoms with van der Waals surface area (Å²) < 4.78 is 0. The fourth-order valence-corrected chi connectivity index (χ4v) is 15.4. The van der Waals surface area contributed by atoms with Crippen LogP contribution in [-0.4, -0.2) is 0 Å². The Morgan fingerprint density at radius 3 is 1.64 bits per heavy atom. The average Bonchev–Trinajstić information content (AvgIpc) is 3.89. The number of rotatable bonds is 21. The lowest BCUT2D eigenvalue weighted by Gasteiger charge is -2.47. The molecular weight excluding hydrogens is 769 g/mol. The van der Waals surface area contributed by atoms with E-state index >= 15 is 0 Å². The summed E-state index contributed by atoms with van der Waals surface area (Å²) in [7, 11) is 0. The molecule has 0 saturated heterocycles. The van der Waals surface area contributed by atoms with Crippen molar-refractivity contribution in [2.75, 3.05) is 0 Å². The molecule has 0 spiro atoms. The van der Waals surface area contributed by atoms with E-state index in [2.05, 4.69) is 125 Å². The first-order chi connectivity index (χ1) is 29.9. The van der Waals surface area contributed by atoms with Gasteiger partial charge in [0.1, 0.15) is 0 Å². The van der Waals surface area contributed by atoms with Crippen molar-refractivity contribution in [3.8, 4) is 0 Å². The van der Waals surface area contributed by atoms with Crippen LogP contribution in [0.4, 0.5) is 0 Å². The molecule has 0 heterocycles. The van der Waals surface area contributed by atoms with Crippen molar-refractivity contribution in [2.24, 2.45) is 118 Å². The first-order valence-electron chi connectivity index (χ1n) is 29.9. The molecule has 5 fully saturated rings. The summed E-state index contributed by atoms with van der Waals surface area (Å²) >= 11 is 0. The van der Waals surface area contributed by atoms with Crippen LogP contribution in [0.15, 0.2) is 0 Å². The van der Waals surface area contributed by atoms with Crippen LogP contribution >= 0.6 is 0 Å². The van der Waals surface area contributed by atoms with Gasteiger partial charge in [0.2, 0.25) is 0 Å². The van der Waals surface area contributed by atoms with E-state index in [1.807, 2.05) is 0 Å². The second kappa shape index (κ2) is 33.5. The van der Waals surface area contributed by atoms with Crippen molar-refractivity contribution in [1.29, 1.82) is 0 Å². The van der Waals surface area contributed by atoms with E-state index in [9.17, 15) is 0 Å². The van der Waals surface area contributed by atoms with Crippen molar-refractivity contribution < 1.29 is 0 Å². The summed E-state index contributed by atoms with van der Waals surface area (Å²) in [4.78, 5) is 0. The van der Waals surface area contributed by atoms with Crippen molar-refractivity contribution in [3.63, 3.8) is 0 Å². The minimum Gasteiger partial charge on any atom is -0.0776 e. The van der Waals surface area contributed by atoms with Crippen molar-refractivity contribution in [2.45, 2.75) is 293 Å². The van der Waals surface area contributed by atoms with Gasteiger partial charge in [-0.1, -0.05) is 222 Å². The lowest BCUT2D eigenvalue weighted by Crippen LogP contribution is -2.39. The smallest absolute Gasteiger partial charge is 0.0337 e. The van der Waals surface area contributed by atoms with E-state index in [0.717, 1.165) is 118 Å². The third-order valence-electron chi connectivity index (χ3n) is 19.3. The Bertz CT molecular complexity index is 1070. The van der Waals surface area contributed by atoms with Crippen LogP contribution in [0.2, 0.25) is 0 Å². The fraction of sp³-hybridized carbons (Fsp3) is 1.00. The zero-order chi connectivity index (χ0) is 47.2. The van der Waals surface area contributed by atoms with Gasteiger partial charge < -0.3 is 0 Å². The molecule has 0 aromatic carbocycles. The second-order valence-electron chi connectivity index (χ2n) is 26.3. The molecule has 5 saturated carbocycles. The molecule has 0 amide bonds. The van der Waals surface area contributed by atoms with Gasteiger partial charge in [-0.25, -0.2) is 0 Å². The minimum atomic E-state index is 0. The fourth-order valence-electron chi connectivity index (χ4n) is 15.4. The minimum absolute atomic E-state index is 0. The molecule has 64 heavy (non-hydrogen) atoms. The highest BCUT2D eigenvalue weighted by Gasteiger charge is 2.44.